The summed E-state index contributed by atoms with van der Waals surface area (Å²) < 4.78 is 5.70. The van der Waals surface area contributed by atoms with Crippen LogP contribution >= 0.6 is 0 Å². The highest BCUT2D eigenvalue weighted by Crippen LogP contribution is 2.24. The molecule has 0 bridgehead atoms. The molecule has 1 aromatic rings. The number of carbonyl (C=O) groups excluding carboxylic acids is 1. The van der Waals surface area contributed by atoms with Gasteiger partial charge in [0.1, 0.15) is 12.4 Å². The van der Waals surface area contributed by atoms with Crippen LogP contribution in [0.1, 0.15) is 40.2 Å². The molecule has 0 spiro atoms. The van der Waals surface area contributed by atoms with Gasteiger partial charge >= 0.3 is 0 Å². The van der Waals surface area contributed by atoms with Crippen molar-refractivity contribution in [2.24, 2.45) is 11.7 Å². The fraction of sp³-hybridized carbons (Fsp3) is 0.588. The molecule has 0 saturated carbocycles. The van der Waals surface area contributed by atoms with Crippen LogP contribution in [-0.2, 0) is 10.2 Å². The summed E-state index contributed by atoms with van der Waals surface area (Å²) in [5.41, 5.74) is 6.88. The Kier molecular flexibility index (Phi) is 6.21. The summed E-state index contributed by atoms with van der Waals surface area (Å²) in [5.74, 6) is 0.617. The second-order valence-corrected chi connectivity index (χ2v) is 6.63. The number of hydrogen-bond acceptors (Lipinski definition) is 3. The normalized spacial score (nSPS) is 14.4. The van der Waals surface area contributed by atoms with Crippen LogP contribution in [-0.4, -0.2) is 25.1 Å². The summed E-state index contributed by atoms with van der Waals surface area (Å²) in [5, 5.41) is 2.89. The van der Waals surface area contributed by atoms with Gasteiger partial charge < -0.3 is 15.8 Å². The smallest absolute Gasteiger partial charge is 0.224 e. The van der Waals surface area contributed by atoms with Crippen LogP contribution in [0, 0.1) is 5.92 Å². The molecule has 0 aromatic heterocycles. The summed E-state index contributed by atoms with van der Waals surface area (Å²) in [6.07, 6.45) is 0. The molecule has 2 unspecified atom stereocenters. The Morgan fingerprint density at radius 1 is 1.24 bits per heavy atom. The summed E-state index contributed by atoms with van der Waals surface area (Å²) in [7, 11) is 0. The third kappa shape index (κ3) is 5.76. The van der Waals surface area contributed by atoms with E-state index in [9.17, 15) is 4.79 Å². The summed E-state index contributed by atoms with van der Waals surface area (Å²) in [4.78, 5) is 11.7. The third-order valence-electron chi connectivity index (χ3n) is 3.41. The number of carbonyl (C=O) groups is 1. The molecule has 4 nitrogen and oxygen atoms in total. The van der Waals surface area contributed by atoms with Crippen LogP contribution < -0.4 is 15.8 Å². The van der Waals surface area contributed by atoms with E-state index >= 15 is 0 Å². The standard InChI is InChI=1S/C17H28N2O2/c1-12(10-18)16(20)19-13(2)11-21-15-8-6-14(7-9-15)17(3,4)5/h6-9,12-13H,10-11,18H2,1-5H3,(H,19,20). The van der Waals surface area contributed by atoms with Crippen molar-refractivity contribution < 1.29 is 9.53 Å². The molecule has 21 heavy (non-hydrogen) atoms. The van der Waals surface area contributed by atoms with Crippen molar-refractivity contribution in [2.45, 2.75) is 46.1 Å². The maximum Gasteiger partial charge on any atom is 0.224 e. The largest absolute Gasteiger partial charge is 0.491 e. The van der Waals surface area contributed by atoms with Gasteiger partial charge in [-0.2, -0.15) is 0 Å². The average Bonchev–Trinajstić information content (AvgIpc) is 2.43. The van der Waals surface area contributed by atoms with Crippen molar-refractivity contribution in [3.05, 3.63) is 29.8 Å². The van der Waals surface area contributed by atoms with Crippen LogP contribution in [0.2, 0.25) is 0 Å². The minimum absolute atomic E-state index is 0.0309. The lowest BCUT2D eigenvalue weighted by Crippen LogP contribution is -2.41. The Balaban J connectivity index is 2.46. The minimum Gasteiger partial charge on any atom is -0.491 e. The van der Waals surface area contributed by atoms with Crippen LogP contribution in [0.3, 0.4) is 0 Å². The van der Waals surface area contributed by atoms with Crippen molar-refractivity contribution in [1.82, 2.24) is 5.32 Å². The predicted molar refractivity (Wildman–Crippen MR) is 86.5 cm³/mol. The average molecular weight is 292 g/mol. The first kappa shape index (κ1) is 17.5. The van der Waals surface area contributed by atoms with Crippen molar-refractivity contribution in [3.63, 3.8) is 0 Å². The molecule has 1 rings (SSSR count). The Bertz CT molecular complexity index is 449. The first-order valence-electron chi connectivity index (χ1n) is 7.48. The quantitative estimate of drug-likeness (QED) is 0.846. The molecule has 2 atom stereocenters. The number of rotatable bonds is 6. The molecule has 0 aliphatic heterocycles. The van der Waals surface area contributed by atoms with Crippen LogP contribution in [0.5, 0.6) is 5.75 Å². The zero-order valence-electron chi connectivity index (χ0n) is 13.8. The second-order valence-electron chi connectivity index (χ2n) is 6.63. The molecule has 1 aromatic carbocycles. The molecule has 0 heterocycles. The van der Waals surface area contributed by atoms with E-state index in [1.165, 1.54) is 5.56 Å². The van der Waals surface area contributed by atoms with E-state index in [1.54, 1.807) is 0 Å². The van der Waals surface area contributed by atoms with Crippen molar-refractivity contribution in [1.29, 1.82) is 0 Å². The molecule has 3 N–H and O–H groups in total. The number of amides is 1. The molecule has 0 aliphatic rings. The van der Waals surface area contributed by atoms with Crippen molar-refractivity contribution in [3.8, 4) is 5.75 Å². The van der Waals surface area contributed by atoms with Crippen LogP contribution in [0.15, 0.2) is 24.3 Å². The van der Waals surface area contributed by atoms with Gasteiger partial charge in [0.2, 0.25) is 5.91 Å². The van der Waals surface area contributed by atoms with E-state index in [0.29, 0.717) is 13.2 Å². The highest BCUT2D eigenvalue weighted by atomic mass is 16.5. The highest BCUT2D eigenvalue weighted by Gasteiger charge is 2.15. The molecule has 0 aliphatic carbocycles. The summed E-state index contributed by atoms with van der Waals surface area (Å²) in [6.45, 7) is 11.1. The lowest BCUT2D eigenvalue weighted by molar-refractivity contribution is -0.125. The number of ether oxygens (including phenoxy) is 1. The van der Waals surface area contributed by atoms with Gasteiger partial charge in [0.25, 0.3) is 0 Å². The first-order chi connectivity index (χ1) is 9.74. The van der Waals surface area contributed by atoms with Gasteiger partial charge in [0, 0.05) is 12.5 Å². The Morgan fingerprint density at radius 2 is 1.81 bits per heavy atom. The molecule has 1 amide bonds. The number of benzene rings is 1. The molecular weight excluding hydrogens is 264 g/mol. The monoisotopic (exact) mass is 292 g/mol. The van der Waals surface area contributed by atoms with E-state index in [1.807, 2.05) is 26.0 Å². The van der Waals surface area contributed by atoms with Crippen LogP contribution in [0.4, 0.5) is 0 Å². The van der Waals surface area contributed by atoms with Gasteiger partial charge in [-0.25, -0.2) is 0 Å². The Hall–Kier alpha value is -1.55. The first-order valence-corrected chi connectivity index (χ1v) is 7.48. The highest BCUT2D eigenvalue weighted by molar-refractivity contribution is 5.78. The van der Waals surface area contributed by atoms with Gasteiger partial charge in [0.15, 0.2) is 0 Å². The summed E-state index contributed by atoms with van der Waals surface area (Å²) >= 11 is 0. The molecule has 4 heteroatoms. The fourth-order valence-corrected chi connectivity index (χ4v) is 1.81. The maximum atomic E-state index is 11.7. The van der Waals surface area contributed by atoms with Crippen molar-refractivity contribution >= 4 is 5.91 Å². The minimum atomic E-state index is -0.168. The maximum absolute atomic E-state index is 11.7. The third-order valence-corrected chi connectivity index (χ3v) is 3.41. The molecule has 118 valence electrons. The lowest BCUT2D eigenvalue weighted by Gasteiger charge is -2.20. The molecule has 0 fully saturated rings. The van der Waals surface area contributed by atoms with Gasteiger partial charge in [-0.3, -0.25) is 4.79 Å². The molecule has 0 saturated heterocycles. The zero-order chi connectivity index (χ0) is 16.0. The molecular formula is C17H28N2O2. The van der Waals surface area contributed by atoms with Crippen LogP contribution in [0.25, 0.3) is 0 Å². The van der Waals surface area contributed by atoms with E-state index in [4.69, 9.17) is 10.5 Å². The predicted octanol–water partition coefficient (Wildman–Crippen LogP) is 2.46. The van der Waals surface area contributed by atoms with Gasteiger partial charge in [0.05, 0.1) is 6.04 Å². The Labute approximate surface area is 128 Å². The van der Waals surface area contributed by atoms with Gasteiger partial charge in [-0.05, 0) is 30.0 Å². The lowest BCUT2D eigenvalue weighted by atomic mass is 9.87. The Morgan fingerprint density at radius 3 is 2.29 bits per heavy atom. The number of hydrogen-bond donors (Lipinski definition) is 2. The SMILES string of the molecule is CC(COc1ccc(C(C)(C)C)cc1)NC(=O)C(C)CN. The fourth-order valence-electron chi connectivity index (χ4n) is 1.81. The van der Waals surface area contributed by atoms with Crippen molar-refractivity contribution in [2.75, 3.05) is 13.2 Å². The zero-order valence-corrected chi connectivity index (χ0v) is 13.8. The van der Waals surface area contributed by atoms with E-state index in [0.717, 1.165) is 5.75 Å². The number of nitrogens with two attached hydrogens (primary N) is 1. The van der Waals surface area contributed by atoms with Gasteiger partial charge in [-0.15, -0.1) is 0 Å². The topological polar surface area (TPSA) is 64.3 Å². The summed E-state index contributed by atoms with van der Waals surface area (Å²) in [6, 6.07) is 8.05. The number of nitrogens with one attached hydrogen (secondary N) is 1. The van der Waals surface area contributed by atoms with Gasteiger partial charge in [-0.1, -0.05) is 39.8 Å². The van der Waals surface area contributed by atoms with E-state index < -0.39 is 0 Å². The molecule has 0 radical (unpaired) electrons. The van der Waals surface area contributed by atoms with E-state index in [-0.39, 0.29) is 23.3 Å². The second kappa shape index (κ2) is 7.46. The van der Waals surface area contributed by atoms with E-state index in [2.05, 4.69) is 38.2 Å².